The summed E-state index contributed by atoms with van der Waals surface area (Å²) in [5.74, 6) is 2.35. The van der Waals surface area contributed by atoms with Gasteiger partial charge in [0.05, 0.1) is 0 Å². The van der Waals surface area contributed by atoms with Crippen LogP contribution in [0.25, 0.3) is 0 Å². The fourth-order valence-electron chi connectivity index (χ4n) is 1.11. The highest BCUT2D eigenvalue weighted by Crippen LogP contribution is 2.15. The molecule has 1 aromatic rings. The average molecular weight is 180 g/mol. The van der Waals surface area contributed by atoms with Crippen LogP contribution in [-0.2, 0) is 5.75 Å². The molecular formula is C11H16S. The van der Waals surface area contributed by atoms with Crippen molar-refractivity contribution in [1.82, 2.24) is 0 Å². The SMILES string of the molecule is CCSCc1ccc(C)c(C)c1. The number of benzene rings is 1. The number of hydrogen-bond donors (Lipinski definition) is 0. The molecule has 0 N–H and O–H groups in total. The van der Waals surface area contributed by atoms with Gasteiger partial charge in [-0.3, -0.25) is 0 Å². The predicted octanol–water partition coefficient (Wildman–Crippen LogP) is 3.56. The van der Waals surface area contributed by atoms with Crippen LogP contribution in [-0.4, -0.2) is 5.75 Å². The van der Waals surface area contributed by atoms with E-state index in [4.69, 9.17) is 0 Å². The number of thioether (sulfide) groups is 1. The third-order valence-electron chi connectivity index (χ3n) is 2.04. The van der Waals surface area contributed by atoms with Gasteiger partial charge in [0.2, 0.25) is 0 Å². The van der Waals surface area contributed by atoms with Crippen LogP contribution in [0.4, 0.5) is 0 Å². The molecule has 0 aliphatic carbocycles. The minimum absolute atomic E-state index is 1.15. The molecule has 0 fully saturated rings. The molecule has 0 unspecified atom stereocenters. The normalized spacial score (nSPS) is 10.2. The van der Waals surface area contributed by atoms with Gasteiger partial charge in [-0.05, 0) is 36.3 Å². The zero-order valence-electron chi connectivity index (χ0n) is 8.05. The van der Waals surface area contributed by atoms with Crippen molar-refractivity contribution in [2.24, 2.45) is 0 Å². The van der Waals surface area contributed by atoms with E-state index in [9.17, 15) is 0 Å². The van der Waals surface area contributed by atoms with Gasteiger partial charge < -0.3 is 0 Å². The van der Waals surface area contributed by atoms with Gasteiger partial charge in [-0.2, -0.15) is 11.8 Å². The lowest BCUT2D eigenvalue weighted by Crippen LogP contribution is -1.85. The second kappa shape index (κ2) is 4.56. The number of aryl methyl sites for hydroxylation is 2. The average Bonchev–Trinajstić information content (AvgIpc) is 2.07. The molecular weight excluding hydrogens is 164 g/mol. The summed E-state index contributed by atoms with van der Waals surface area (Å²) in [5, 5.41) is 0. The van der Waals surface area contributed by atoms with Crippen LogP contribution in [0.15, 0.2) is 18.2 Å². The van der Waals surface area contributed by atoms with Crippen LogP contribution >= 0.6 is 11.8 Å². The second-order valence-corrected chi connectivity index (χ2v) is 4.33. The maximum atomic E-state index is 2.29. The largest absolute Gasteiger partial charge is 0.157 e. The van der Waals surface area contributed by atoms with Gasteiger partial charge in [0.25, 0.3) is 0 Å². The molecule has 0 aliphatic heterocycles. The Balaban J connectivity index is 2.69. The van der Waals surface area contributed by atoms with E-state index in [1.54, 1.807) is 0 Å². The molecule has 0 saturated carbocycles. The fourth-order valence-corrected chi connectivity index (χ4v) is 1.73. The Morgan fingerprint density at radius 1 is 1.17 bits per heavy atom. The molecule has 0 nitrogen and oxygen atoms in total. The lowest BCUT2D eigenvalue weighted by molar-refractivity contribution is 1.28. The fraction of sp³-hybridized carbons (Fsp3) is 0.455. The van der Waals surface area contributed by atoms with Gasteiger partial charge in [0.15, 0.2) is 0 Å². The molecule has 0 aliphatic rings. The molecule has 0 atom stereocenters. The topological polar surface area (TPSA) is 0 Å². The first-order chi connectivity index (χ1) is 5.74. The predicted molar refractivity (Wildman–Crippen MR) is 57.8 cm³/mol. The van der Waals surface area contributed by atoms with Gasteiger partial charge in [0, 0.05) is 5.75 Å². The molecule has 0 radical (unpaired) electrons. The molecule has 1 aromatic carbocycles. The van der Waals surface area contributed by atoms with Gasteiger partial charge >= 0.3 is 0 Å². The van der Waals surface area contributed by atoms with Gasteiger partial charge in [-0.15, -0.1) is 0 Å². The molecule has 0 spiro atoms. The zero-order chi connectivity index (χ0) is 8.97. The summed E-state index contributed by atoms with van der Waals surface area (Å²) in [4.78, 5) is 0. The van der Waals surface area contributed by atoms with E-state index < -0.39 is 0 Å². The lowest BCUT2D eigenvalue weighted by Gasteiger charge is -2.03. The van der Waals surface area contributed by atoms with Crippen molar-refractivity contribution in [2.45, 2.75) is 26.5 Å². The van der Waals surface area contributed by atoms with Crippen LogP contribution in [0.5, 0.6) is 0 Å². The molecule has 0 saturated heterocycles. The van der Waals surface area contributed by atoms with Crippen LogP contribution in [0, 0.1) is 13.8 Å². The first kappa shape index (κ1) is 9.66. The van der Waals surface area contributed by atoms with E-state index in [0.717, 1.165) is 5.75 Å². The van der Waals surface area contributed by atoms with Crippen molar-refractivity contribution in [3.8, 4) is 0 Å². The molecule has 0 bridgehead atoms. The quantitative estimate of drug-likeness (QED) is 0.685. The molecule has 0 amide bonds. The monoisotopic (exact) mass is 180 g/mol. The van der Waals surface area contributed by atoms with Crippen molar-refractivity contribution < 1.29 is 0 Å². The van der Waals surface area contributed by atoms with Crippen molar-refractivity contribution in [3.05, 3.63) is 34.9 Å². The number of hydrogen-bond acceptors (Lipinski definition) is 1. The molecule has 1 heteroatoms. The Morgan fingerprint density at radius 3 is 2.50 bits per heavy atom. The first-order valence-corrected chi connectivity index (χ1v) is 5.53. The molecule has 0 aromatic heterocycles. The highest BCUT2D eigenvalue weighted by atomic mass is 32.2. The summed E-state index contributed by atoms with van der Waals surface area (Å²) in [6.45, 7) is 6.53. The van der Waals surface area contributed by atoms with E-state index >= 15 is 0 Å². The summed E-state index contributed by atoms with van der Waals surface area (Å²) in [5.41, 5.74) is 4.24. The maximum Gasteiger partial charge on any atom is 0.0184 e. The first-order valence-electron chi connectivity index (χ1n) is 4.38. The highest BCUT2D eigenvalue weighted by Gasteiger charge is 1.95. The molecule has 12 heavy (non-hydrogen) atoms. The van der Waals surface area contributed by atoms with Crippen LogP contribution in [0.1, 0.15) is 23.6 Å². The Morgan fingerprint density at radius 2 is 1.92 bits per heavy atom. The van der Waals surface area contributed by atoms with Crippen molar-refractivity contribution >= 4 is 11.8 Å². The maximum absolute atomic E-state index is 2.29. The van der Waals surface area contributed by atoms with Crippen molar-refractivity contribution in [1.29, 1.82) is 0 Å². The minimum Gasteiger partial charge on any atom is -0.157 e. The molecule has 0 heterocycles. The summed E-state index contributed by atoms with van der Waals surface area (Å²) >= 11 is 1.98. The third kappa shape index (κ3) is 2.56. The summed E-state index contributed by atoms with van der Waals surface area (Å²) in [6.07, 6.45) is 0. The summed E-state index contributed by atoms with van der Waals surface area (Å²) in [7, 11) is 0. The lowest BCUT2D eigenvalue weighted by atomic mass is 10.1. The van der Waals surface area contributed by atoms with E-state index in [1.807, 2.05) is 11.8 Å². The number of rotatable bonds is 3. The molecule has 1 rings (SSSR count). The van der Waals surface area contributed by atoms with Gasteiger partial charge in [-0.1, -0.05) is 25.1 Å². The Bertz CT molecular complexity index is 253. The summed E-state index contributed by atoms with van der Waals surface area (Å²) in [6, 6.07) is 6.73. The third-order valence-corrected chi connectivity index (χ3v) is 2.99. The summed E-state index contributed by atoms with van der Waals surface area (Å²) < 4.78 is 0. The van der Waals surface area contributed by atoms with Crippen LogP contribution in [0.3, 0.4) is 0 Å². The second-order valence-electron chi connectivity index (χ2n) is 3.06. The minimum atomic E-state index is 1.15. The Labute approximate surface area is 79.4 Å². The van der Waals surface area contributed by atoms with Crippen LogP contribution < -0.4 is 0 Å². The Kier molecular flexibility index (Phi) is 3.67. The Hall–Kier alpha value is -0.430. The van der Waals surface area contributed by atoms with E-state index in [1.165, 1.54) is 22.4 Å². The zero-order valence-corrected chi connectivity index (χ0v) is 8.87. The smallest absolute Gasteiger partial charge is 0.0184 e. The van der Waals surface area contributed by atoms with E-state index in [0.29, 0.717) is 0 Å². The van der Waals surface area contributed by atoms with Gasteiger partial charge in [0.1, 0.15) is 0 Å². The van der Waals surface area contributed by atoms with E-state index in [2.05, 4.69) is 39.0 Å². The van der Waals surface area contributed by atoms with Crippen molar-refractivity contribution in [3.63, 3.8) is 0 Å². The van der Waals surface area contributed by atoms with Crippen molar-refractivity contribution in [2.75, 3.05) is 5.75 Å². The highest BCUT2D eigenvalue weighted by molar-refractivity contribution is 7.98. The molecule has 66 valence electrons. The standard InChI is InChI=1S/C11H16S/c1-4-12-8-11-6-5-9(2)10(3)7-11/h5-7H,4,8H2,1-3H3. The van der Waals surface area contributed by atoms with Crippen LogP contribution in [0.2, 0.25) is 0 Å². The van der Waals surface area contributed by atoms with E-state index in [-0.39, 0.29) is 0 Å². The van der Waals surface area contributed by atoms with Gasteiger partial charge in [-0.25, -0.2) is 0 Å².